The van der Waals surface area contributed by atoms with Crippen molar-refractivity contribution in [1.82, 2.24) is 4.98 Å². The maximum Gasteiger partial charge on any atom is 0.187 e. The second-order valence-corrected chi connectivity index (χ2v) is 7.33. The first kappa shape index (κ1) is 17.7. The van der Waals surface area contributed by atoms with Gasteiger partial charge in [-0.05, 0) is 37.5 Å². The van der Waals surface area contributed by atoms with Crippen LogP contribution < -0.4 is 10.1 Å². The van der Waals surface area contributed by atoms with Crippen LogP contribution in [0.1, 0.15) is 23.2 Å². The fourth-order valence-electron chi connectivity index (χ4n) is 3.42. The number of nitrogens with zero attached hydrogens (tertiary/aromatic N) is 1. The standard InChI is InChI=1S/C21H18F2N2OS/c1-12(19-15(22)8-5-9-16(19)23)24-21-25-17-10-3-6-13-14(20(17)27-21)7-4-11-18(13)26-2/h4-5,7-9,11H,1,3,6,10H2,2H3,(H,24,25). The Labute approximate surface area is 160 Å². The van der Waals surface area contributed by atoms with Crippen molar-refractivity contribution in [3.63, 3.8) is 0 Å². The summed E-state index contributed by atoms with van der Waals surface area (Å²) in [4.78, 5) is 5.71. The molecule has 0 amide bonds. The molecule has 2 aromatic carbocycles. The average molecular weight is 384 g/mol. The number of fused-ring (bicyclic) bond motifs is 3. The number of benzene rings is 2. The van der Waals surface area contributed by atoms with E-state index < -0.39 is 11.6 Å². The second-order valence-electron chi connectivity index (χ2n) is 6.33. The Kier molecular flexibility index (Phi) is 4.66. The highest BCUT2D eigenvalue weighted by Gasteiger charge is 2.22. The lowest BCUT2D eigenvalue weighted by Gasteiger charge is -2.11. The van der Waals surface area contributed by atoms with E-state index in [0.29, 0.717) is 5.13 Å². The molecular weight excluding hydrogens is 366 g/mol. The van der Waals surface area contributed by atoms with Crippen LogP contribution in [0.15, 0.2) is 43.0 Å². The van der Waals surface area contributed by atoms with Gasteiger partial charge < -0.3 is 10.1 Å². The molecule has 0 bridgehead atoms. The largest absolute Gasteiger partial charge is 0.496 e. The van der Waals surface area contributed by atoms with Crippen LogP contribution in [0.5, 0.6) is 5.75 Å². The van der Waals surface area contributed by atoms with E-state index >= 15 is 0 Å². The van der Waals surface area contributed by atoms with Gasteiger partial charge in [-0.3, -0.25) is 0 Å². The van der Waals surface area contributed by atoms with Crippen LogP contribution in [-0.2, 0) is 12.8 Å². The number of aryl methyl sites for hydroxylation is 1. The smallest absolute Gasteiger partial charge is 0.187 e. The molecule has 6 heteroatoms. The number of rotatable bonds is 4. The van der Waals surface area contributed by atoms with Crippen LogP contribution in [0, 0.1) is 11.6 Å². The number of thiazole rings is 1. The lowest BCUT2D eigenvalue weighted by molar-refractivity contribution is 0.409. The maximum atomic E-state index is 14.0. The fourth-order valence-corrected chi connectivity index (χ4v) is 4.51. The second kappa shape index (κ2) is 7.12. The molecule has 0 saturated carbocycles. The summed E-state index contributed by atoms with van der Waals surface area (Å²) in [6, 6.07) is 9.75. The average Bonchev–Trinajstić information content (AvgIpc) is 2.95. The van der Waals surface area contributed by atoms with Gasteiger partial charge in [-0.25, -0.2) is 13.8 Å². The molecule has 138 valence electrons. The third-order valence-electron chi connectivity index (χ3n) is 4.66. The summed E-state index contributed by atoms with van der Waals surface area (Å²) >= 11 is 1.46. The normalized spacial score (nSPS) is 12.7. The van der Waals surface area contributed by atoms with E-state index in [-0.39, 0.29) is 11.3 Å². The molecule has 0 atom stereocenters. The van der Waals surface area contributed by atoms with Gasteiger partial charge in [0.05, 0.1) is 23.2 Å². The van der Waals surface area contributed by atoms with Crippen LogP contribution in [0.2, 0.25) is 0 Å². The molecular formula is C21H18F2N2OS. The van der Waals surface area contributed by atoms with Crippen molar-refractivity contribution < 1.29 is 13.5 Å². The first-order valence-electron chi connectivity index (χ1n) is 8.64. The van der Waals surface area contributed by atoms with Gasteiger partial charge in [-0.2, -0.15) is 0 Å². The van der Waals surface area contributed by atoms with Gasteiger partial charge in [0, 0.05) is 16.8 Å². The van der Waals surface area contributed by atoms with Crippen LogP contribution in [0.3, 0.4) is 0 Å². The topological polar surface area (TPSA) is 34.2 Å². The Hall–Kier alpha value is -2.73. The number of hydrogen-bond acceptors (Lipinski definition) is 4. The van der Waals surface area contributed by atoms with E-state index in [1.54, 1.807) is 7.11 Å². The Morgan fingerprint density at radius 2 is 1.89 bits per heavy atom. The molecule has 1 N–H and O–H groups in total. The third-order valence-corrected chi connectivity index (χ3v) is 5.70. The molecule has 0 fully saturated rings. The summed E-state index contributed by atoms with van der Waals surface area (Å²) in [5.41, 5.74) is 3.25. The van der Waals surface area contributed by atoms with Crippen molar-refractivity contribution in [3.05, 3.63) is 71.4 Å². The van der Waals surface area contributed by atoms with Gasteiger partial charge in [-0.1, -0.05) is 36.1 Å². The Bertz CT molecular complexity index is 1010. The van der Waals surface area contributed by atoms with Crippen LogP contribution in [0.25, 0.3) is 16.1 Å². The summed E-state index contributed by atoms with van der Waals surface area (Å²) in [6.45, 7) is 3.79. The lowest BCUT2D eigenvalue weighted by Crippen LogP contribution is -2.02. The van der Waals surface area contributed by atoms with E-state index in [1.807, 2.05) is 12.1 Å². The van der Waals surface area contributed by atoms with Crippen molar-refractivity contribution in [1.29, 1.82) is 0 Å². The Morgan fingerprint density at radius 1 is 1.15 bits per heavy atom. The number of halogens is 2. The SMILES string of the molecule is C=C(Nc1nc2c(s1)-c1cccc(OC)c1CCC2)c1c(F)cccc1F. The molecule has 3 nitrogen and oxygen atoms in total. The zero-order chi connectivity index (χ0) is 19.0. The lowest BCUT2D eigenvalue weighted by atomic mass is 10.0. The van der Waals surface area contributed by atoms with Crippen molar-refractivity contribution in [2.75, 3.05) is 12.4 Å². The molecule has 1 heterocycles. The summed E-state index contributed by atoms with van der Waals surface area (Å²) in [5.74, 6) is -0.428. The summed E-state index contributed by atoms with van der Waals surface area (Å²) in [6.07, 6.45) is 2.73. The molecule has 1 aromatic heterocycles. The molecule has 1 aliphatic rings. The molecule has 0 radical (unpaired) electrons. The van der Waals surface area contributed by atoms with E-state index in [0.717, 1.165) is 41.1 Å². The molecule has 4 rings (SSSR count). The molecule has 0 saturated heterocycles. The minimum atomic E-state index is -0.652. The fraction of sp³-hybridized carbons (Fsp3) is 0.190. The zero-order valence-corrected chi connectivity index (χ0v) is 15.6. The summed E-state index contributed by atoms with van der Waals surface area (Å²) < 4.78 is 33.5. The molecule has 0 spiro atoms. The summed E-state index contributed by atoms with van der Waals surface area (Å²) in [5, 5.41) is 3.55. The first-order chi connectivity index (χ1) is 13.1. The number of hydrogen-bond donors (Lipinski definition) is 1. The zero-order valence-electron chi connectivity index (χ0n) is 14.8. The molecule has 0 unspecified atom stereocenters. The van der Waals surface area contributed by atoms with Gasteiger partial charge in [0.1, 0.15) is 17.4 Å². The molecule has 3 aromatic rings. The van der Waals surface area contributed by atoms with E-state index in [2.05, 4.69) is 22.9 Å². The minimum Gasteiger partial charge on any atom is -0.496 e. The highest BCUT2D eigenvalue weighted by atomic mass is 32.1. The van der Waals surface area contributed by atoms with Crippen molar-refractivity contribution in [2.24, 2.45) is 0 Å². The maximum absolute atomic E-state index is 14.0. The van der Waals surface area contributed by atoms with Crippen molar-refractivity contribution in [2.45, 2.75) is 19.3 Å². The van der Waals surface area contributed by atoms with Crippen LogP contribution in [-0.4, -0.2) is 12.1 Å². The molecule has 0 aliphatic heterocycles. The third kappa shape index (κ3) is 3.21. The number of nitrogens with one attached hydrogen (secondary N) is 1. The van der Waals surface area contributed by atoms with Gasteiger partial charge in [-0.15, -0.1) is 0 Å². The predicted octanol–water partition coefficient (Wildman–Crippen LogP) is 5.67. The van der Waals surface area contributed by atoms with E-state index in [4.69, 9.17) is 4.74 Å². The van der Waals surface area contributed by atoms with Crippen molar-refractivity contribution >= 4 is 22.2 Å². The van der Waals surface area contributed by atoms with Crippen LogP contribution >= 0.6 is 11.3 Å². The highest BCUT2D eigenvalue weighted by molar-refractivity contribution is 7.19. The highest BCUT2D eigenvalue weighted by Crippen LogP contribution is 2.42. The number of aromatic nitrogens is 1. The van der Waals surface area contributed by atoms with Crippen LogP contribution in [0.4, 0.5) is 13.9 Å². The van der Waals surface area contributed by atoms with E-state index in [1.165, 1.54) is 35.1 Å². The van der Waals surface area contributed by atoms with Crippen molar-refractivity contribution in [3.8, 4) is 16.2 Å². The number of anilines is 1. The number of ether oxygens (including phenoxy) is 1. The minimum absolute atomic E-state index is 0.153. The summed E-state index contributed by atoms with van der Waals surface area (Å²) in [7, 11) is 1.67. The first-order valence-corrected chi connectivity index (χ1v) is 9.46. The van der Waals surface area contributed by atoms with Gasteiger partial charge in [0.25, 0.3) is 0 Å². The van der Waals surface area contributed by atoms with Gasteiger partial charge in [0.15, 0.2) is 5.13 Å². The Balaban J connectivity index is 1.70. The number of methoxy groups -OCH3 is 1. The van der Waals surface area contributed by atoms with E-state index in [9.17, 15) is 8.78 Å². The van der Waals surface area contributed by atoms with Gasteiger partial charge >= 0.3 is 0 Å². The molecule has 27 heavy (non-hydrogen) atoms. The predicted molar refractivity (Wildman–Crippen MR) is 105 cm³/mol. The Morgan fingerprint density at radius 3 is 2.63 bits per heavy atom. The quantitative estimate of drug-likeness (QED) is 0.629. The molecule has 1 aliphatic carbocycles. The van der Waals surface area contributed by atoms with Gasteiger partial charge in [0.2, 0.25) is 0 Å². The monoisotopic (exact) mass is 384 g/mol.